The molecular weight excluding hydrogens is 294 g/mol. The van der Waals surface area contributed by atoms with Gasteiger partial charge >= 0.3 is 0 Å². The fourth-order valence-electron chi connectivity index (χ4n) is 3.42. The van der Waals surface area contributed by atoms with Gasteiger partial charge in [0.25, 0.3) is 0 Å². The van der Waals surface area contributed by atoms with Crippen LogP contribution in [0.3, 0.4) is 0 Å². The molecule has 2 heterocycles. The van der Waals surface area contributed by atoms with Crippen molar-refractivity contribution in [1.29, 1.82) is 0 Å². The van der Waals surface area contributed by atoms with Crippen LogP contribution in [0.25, 0.3) is 0 Å². The molecule has 0 unspecified atom stereocenters. The van der Waals surface area contributed by atoms with Gasteiger partial charge in [-0.05, 0) is 25.0 Å². The van der Waals surface area contributed by atoms with Crippen LogP contribution in [0.2, 0.25) is 0 Å². The number of hydrogen-bond donors (Lipinski definition) is 1. The van der Waals surface area contributed by atoms with E-state index in [0.29, 0.717) is 19.0 Å². The number of rotatable bonds is 5. The maximum absolute atomic E-state index is 12.4. The first kappa shape index (κ1) is 16.1. The molecule has 3 rings (SSSR count). The van der Waals surface area contributed by atoms with Gasteiger partial charge in [-0.2, -0.15) is 0 Å². The van der Waals surface area contributed by atoms with Crippen molar-refractivity contribution in [1.82, 2.24) is 15.1 Å². The minimum Gasteiger partial charge on any atom is -0.467 e. The van der Waals surface area contributed by atoms with Gasteiger partial charge in [0.05, 0.1) is 19.4 Å². The molecule has 1 aliphatic heterocycles. The topological polar surface area (TPSA) is 65.8 Å². The lowest BCUT2D eigenvalue weighted by Crippen LogP contribution is -2.52. The molecular formula is C17H25N3O3. The molecule has 0 atom stereocenters. The van der Waals surface area contributed by atoms with Gasteiger partial charge in [-0.15, -0.1) is 0 Å². The molecule has 1 aromatic heterocycles. The number of carbonyl (C=O) groups is 2. The Balaban J connectivity index is 1.37. The van der Waals surface area contributed by atoms with E-state index in [1.54, 1.807) is 6.26 Å². The van der Waals surface area contributed by atoms with E-state index >= 15 is 0 Å². The summed E-state index contributed by atoms with van der Waals surface area (Å²) in [7, 11) is 0. The van der Waals surface area contributed by atoms with E-state index < -0.39 is 0 Å². The van der Waals surface area contributed by atoms with E-state index in [2.05, 4.69) is 10.2 Å². The predicted octanol–water partition coefficient (Wildman–Crippen LogP) is 1.23. The molecule has 2 amide bonds. The number of carbonyl (C=O) groups excluding carboxylic acids is 2. The quantitative estimate of drug-likeness (QED) is 0.886. The van der Waals surface area contributed by atoms with Crippen LogP contribution in [0.15, 0.2) is 22.8 Å². The number of piperazine rings is 1. The Bertz CT molecular complexity index is 515. The van der Waals surface area contributed by atoms with Gasteiger partial charge < -0.3 is 14.6 Å². The first-order chi connectivity index (χ1) is 11.2. The number of nitrogens with one attached hydrogen (secondary N) is 1. The first-order valence-electron chi connectivity index (χ1n) is 8.52. The summed E-state index contributed by atoms with van der Waals surface area (Å²) < 4.78 is 5.19. The Labute approximate surface area is 136 Å². The molecule has 1 aromatic rings. The average molecular weight is 319 g/mol. The molecule has 6 nitrogen and oxygen atoms in total. The van der Waals surface area contributed by atoms with Crippen LogP contribution in [-0.2, 0) is 16.1 Å². The van der Waals surface area contributed by atoms with E-state index in [4.69, 9.17) is 4.42 Å². The van der Waals surface area contributed by atoms with Gasteiger partial charge in [-0.1, -0.05) is 12.8 Å². The lowest BCUT2D eigenvalue weighted by molar-refractivity contribution is -0.137. The van der Waals surface area contributed by atoms with Crippen molar-refractivity contribution in [2.45, 2.75) is 32.2 Å². The van der Waals surface area contributed by atoms with Gasteiger partial charge in [0.1, 0.15) is 5.76 Å². The molecule has 0 bridgehead atoms. The van der Waals surface area contributed by atoms with Gasteiger partial charge in [0.2, 0.25) is 11.8 Å². The lowest BCUT2D eigenvalue weighted by Gasteiger charge is -2.35. The summed E-state index contributed by atoms with van der Waals surface area (Å²) in [5, 5.41) is 2.86. The Hall–Kier alpha value is -1.82. The van der Waals surface area contributed by atoms with E-state index in [-0.39, 0.29) is 11.8 Å². The highest BCUT2D eigenvalue weighted by atomic mass is 16.3. The van der Waals surface area contributed by atoms with Crippen molar-refractivity contribution in [2.24, 2.45) is 5.92 Å². The van der Waals surface area contributed by atoms with E-state index in [0.717, 1.165) is 44.8 Å². The number of furan rings is 1. The van der Waals surface area contributed by atoms with Crippen molar-refractivity contribution in [3.05, 3.63) is 24.2 Å². The summed E-state index contributed by atoms with van der Waals surface area (Å²) in [5.74, 6) is 1.32. The fourth-order valence-corrected chi connectivity index (χ4v) is 3.42. The second-order valence-corrected chi connectivity index (χ2v) is 6.44. The molecule has 0 radical (unpaired) electrons. The normalized spacial score (nSPS) is 19.9. The molecule has 1 saturated carbocycles. The van der Waals surface area contributed by atoms with Crippen LogP contribution in [-0.4, -0.2) is 54.3 Å². The first-order valence-corrected chi connectivity index (χ1v) is 8.52. The lowest BCUT2D eigenvalue weighted by atomic mass is 10.1. The van der Waals surface area contributed by atoms with Gasteiger partial charge in [0.15, 0.2) is 0 Å². The Morgan fingerprint density at radius 2 is 1.91 bits per heavy atom. The monoisotopic (exact) mass is 319 g/mol. The molecule has 2 aliphatic rings. The number of nitrogens with zero attached hydrogens (tertiary/aromatic N) is 2. The molecule has 2 fully saturated rings. The van der Waals surface area contributed by atoms with E-state index in [9.17, 15) is 9.59 Å². The third-order valence-electron chi connectivity index (χ3n) is 4.80. The summed E-state index contributed by atoms with van der Waals surface area (Å²) in [6.07, 6.45) is 6.07. The molecule has 1 saturated heterocycles. The van der Waals surface area contributed by atoms with Crippen LogP contribution in [0, 0.1) is 5.92 Å². The maximum atomic E-state index is 12.4. The third kappa shape index (κ3) is 4.34. The summed E-state index contributed by atoms with van der Waals surface area (Å²) in [6.45, 7) is 3.82. The van der Waals surface area contributed by atoms with Crippen molar-refractivity contribution in [3.8, 4) is 0 Å². The van der Waals surface area contributed by atoms with E-state index in [1.807, 2.05) is 17.0 Å². The highest BCUT2D eigenvalue weighted by Crippen LogP contribution is 2.26. The Morgan fingerprint density at radius 3 is 2.57 bits per heavy atom. The molecule has 6 heteroatoms. The molecule has 0 spiro atoms. The van der Waals surface area contributed by atoms with Crippen molar-refractivity contribution in [3.63, 3.8) is 0 Å². The smallest absolute Gasteiger partial charge is 0.234 e. The highest BCUT2D eigenvalue weighted by molar-refractivity contribution is 5.79. The second-order valence-electron chi connectivity index (χ2n) is 6.44. The number of hydrogen-bond acceptors (Lipinski definition) is 4. The minimum atomic E-state index is -0.00281. The molecule has 1 N–H and O–H groups in total. The van der Waals surface area contributed by atoms with E-state index in [1.165, 1.54) is 12.8 Å². The summed E-state index contributed by atoms with van der Waals surface area (Å²) in [4.78, 5) is 28.4. The minimum absolute atomic E-state index is 0.00281. The SMILES string of the molecule is O=C(CN1CCN(C(=O)C2CCCC2)CC1)NCc1ccco1. The summed E-state index contributed by atoms with van der Waals surface area (Å²) in [5.41, 5.74) is 0. The molecule has 1 aliphatic carbocycles. The van der Waals surface area contributed by atoms with Gasteiger partial charge in [-0.3, -0.25) is 14.5 Å². The zero-order valence-corrected chi connectivity index (χ0v) is 13.5. The van der Waals surface area contributed by atoms with Gasteiger partial charge in [-0.25, -0.2) is 0 Å². The van der Waals surface area contributed by atoms with Crippen LogP contribution in [0.5, 0.6) is 0 Å². The Kier molecular flexibility index (Phi) is 5.33. The summed E-state index contributed by atoms with van der Waals surface area (Å²) >= 11 is 0. The second kappa shape index (κ2) is 7.64. The Morgan fingerprint density at radius 1 is 1.17 bits per heavy atom. The maximum Gasteiger partial charge on any atom is 0.234 e. The van der Waals surface area contributed by atoms with Crippen molar-refractivity contribution >= 4 is 11.8 Å². The zero-order chi connectivity index (χ0) is 16.1. The predicted molar refractivity (Wildman–Crippen MR) is 85.5 cm³/mol. The summed E-state index contributed by atoms with van der Waals surface area (Å²) in [6, 6.07) is 3.65. The zero-order valence-electron chi connectivity index (χ0n) is 13.5. The van der Waals surface area contributed by atoms with Crippen LogP contribution < -0.4 is 5.32 Å². The average Bonchev–Trinajstić information content (AvgIpc) is 3.26. The van der Waals surface area contributed by atoms with Crippen molar-refractivity contribution in [2.75, 3.05) is 32.7 Å². The number of amides is 2. The largest absolute Gasteiger partial charge is 0.467 e. The molecule has 23 heavy (non-hydrogen) atoms. The van der Waals surface area contributed by atoms with Crippen LogP contribution >= 0.6 is 0 Å². The van der Waals surface area contributed by atoms with Crippen LogP contribution in [0.1, 0.15) is 31.4 Å². The fraction of sp³-hybridized carbons (Fsp3) is 0.647. The van der Waals surface area contributed by atoms with Gasteiger partial charge in [0, 0.05) is 32.1 Å². The molecule has 126 valence electrons. The highest BCUT2D eigenvalue weighted by Gasteiger charge is 2.29. The standard InChI is InChI=1S/C17H25N3O3/c21-16(18-12-15-6-3-11-23-15)13-19-7-9-20(10-8-19)17(22)14-4-1-2-5-14/h3,6,11,14H,1-2,4-5,7-10,12-13H2,(H,18,21). The van der Waals surface area contributed by atoms with Crippen LogP contribution in [0.4, 0.5) is 0 Å². The van der Waals surface area contributed by atoms with Crippen molar-refractivity contribution < 1.29 is 14.0 Å². The third-order valence-corrected chi connectivity index (χ3v) is 4.80. The molecule has 0 aromatic carbocycles.